The van der Waals surface area contributed by atoms with Gasteiger partial charge in [0.15, 0.2) is 0 Å². The number of benzene rings is 1. The average Bonchev–Trinajstić information content (AvgIpc) is 3.06. The fourth-order valence-corrected chi connectivity index (χ4v) is 3.19. The zero-order valence-electron chi connectivity index (χ0n) is 11.0. The highest BCUT2D eigenvalue weighted by molar-refractivity contribution is 5.73. The van der Waals surface area contributed by atoms with Crippen LogP contribution in [0.25, 0.3) is 0 Å². The lowest BCUT2D eigenvalue weighted by molar-refractivity contribution is 0.237. The van der Waals surface area contributed by atoms with Crippen molar-refractivity contribution in [2.45, 2.75) is 19.4 Å². The highest BCUT2D eigenvalue weighted by atomic mass is 16.2. The maximum Gasteiger partial charge on any atom is 0.315 e. The molecule has 19 heavy (non-hydrogen) atoms. The number of allylic oxidation sites excluding steroid dienone is 2. The highest BCUT2D eigenvalue weighted by Crippen LogP contribution is 2.42. The van der Waals surface area contributed by atoms with Crippen LogP contribution in [0.2, 0.25) is 0 Å². The van der Waals surface area contributed by atoms with Crippen molar-refractivity contribution in [1.82, 2.24) is 10.6 Å². The van der Waals surface area contributed by atoms with Gasteiger partial charge in [-0.1, -0.05) is 42.5 Å². The quantitative estimate of drug-likeness (QED) is 0.799. The van der Waals surface area contributed by atoms with Crippen molar-refractivity contribution in [3.8, 4) is 0 Å². The van der Waals surface area contributed by atoms with E-state index >= 15 is 0 Å². The van der Waals surface area contributed by atoms with Crippen LogP contribution in [0.5, 0.6) is 0 Å². The topological polar surface area (TPSA) is 41.1 Å². The molecular weight excluding hydrogens is 236 g/mol. The Kier molecular flexibility index (Phi) is 3.53. The number of rotatable bonds is 4. The Bertz CT molecular complexity index is 469. The molecule has 1 saturated carbocycles. The standard InChI is InChI=1S/C16H20N2O/c19-16(17-10-12-4-2-1-3-5-12)18-11-15-9-13-6-7-14(15)8-13/h1-7,13-15H,8-11H2,(H2,17,18,19)/t13-,14-,15+/m0/s1. The van der Waals surface area contributed by atoms with Gasteiger partial charge < -0.3 is 10.6 Å². The first-order valence-corrected chi connectivity index (χ1v) is 7.05. The van der Waals surface area contributed by atoms with E-state index in [9.17, 15) is 4.79 Å². The molecule has 2 aliphatic carbocycles. The van der Waals surface area contributed by atoms with Crippen molar-refractivity contribution < 1.29 is 4.79 Å². The maximum absolute atomic E-state index is 11.7. The van der Waals surface area contributed by atoms with Crippen LogP contribution < -0.4 is 10.6 Å². The SMILES string of the molecule is O=C(NCc1ccccc1)NC[C@H]1C[C@H]2C=C[C@H]1C2. The van der Waals surface area contributed by atoms with Crippen LogP contribution in [-0.4, -0.2) is 12.6 Å². The molecule has 3 rings (SSSR count). The van der Waals surface area contributed by atoms with Gasteiger partial charge in [-0.25, -0.2) is 4.79 Å². The molecule has 2 amide bonds. The van der Waals surface area contributed by atoms with E-state index in [2.05, 4.69) is 22.8 Å². The number of nitrogens with one attached hydrogen (secondary N) is 2. The molecule has 0 heterocycles. The number of hydrogen-bond acceptors (Lipinski definition) is 1. The Morgan fingerprint density at radius 3 is 2.63 bits per heavy atom. The summed E-state index contributed by atoms with van der Waals surface area (Å²) in [6.45, 7) is 1.38. The van der Waals surface area contributed by atoms with Gasteiger partial charge in [0, 0.05) is 13.1 Å². The Labute approximate surface area is 114 Å². The molecule has 1 fully saturated rings. The van der Waals surface area contributed by atoms with Crippen molar-refractivity contribution in [1.29, 1.82) is 0 Å². The molecule has 1 aromatic rings. The van der Waals surface area contributed by atoms with Gasteiger partial charge in [-0.3, -0.25) is 0 Å². The number of carbonyl (C=O) groups is 1. The van der Waals surface area contributed by atoms with Crippen molar-refractivity contribution in [3.05, 3.63) is 48.0 Å². The van der Waals surface area contributed by atoms with Crippen LogP contribution in [0, 0.1) is 17.8 Å². The van der Waals surface area contributed by atoms with Crippen LogP contribution >= 0.6 is 0 Å². The van der Waals surface area contributed by atoms with Crippen molar-refractivity contribution in [2.24, 2.45) is 17.8 Å². The molecule has 3 atom stereocenters. The Hall–Kier alpha value is -1.77. The summed E-state index contributed by atoms with van der Waals surface area (Å²) in [6, 6.07) is 9.91. The summed E-state index contributed by atoms with van der Waals surface area (Å²) in [5.74, 6) is 2.10. The van der Waals surface area contributed by atoms with E-state index in [1.165, 1.54) is 12.8 Å². The molecule has 2 N–H and O–H groups in total. The molecule has 0 aromatic heterocycles. The third-order valence-electron chi connectivity index (χ3n) is 4.24. The molecule has 3 heteroatoms. The lowest BCUT2D eigenvalue weighted by Crippen LogP contribution is -2.38. The smallest absolute Gasteiger partial charge is 0.315 e. The molecule has 0 radical (unpaired) electrons. The van der Waals surface area contributed by atoms with E-state index in [1.807, 2.05) is 30.3 Å². The lowest BCUT2D eigenvalue weighted by Gasteiger charge is -2.18. The molecule has 0 spiro atoms. The fraction of sp³-hybridized carbons (Fsp3) is 0.438. The summed E-state index contributed by atoms with van der Waals surface area (Å²) in [5.41, 5.74) is 1.13. The highest BCUT2D eigenvalue weighted by Gasteiger charge is 2.35. The Balaban J connectivity index is 1.39. The predicted octanol–water partition coefficient (Wildman–Crippen LogP) is 2.70. The Morgan fingerprint density at radius 2 is 1.95 bits per heavy atom. The van der Waals surface area contributed by atoms with E-state index in [0.29, 0.717) is 18.4 Å². The van der Waals surface area contributed by atoms with E-state index in [1.54, 1.807) is 0 Å². The van der Waals surface area contributed by atoms with Gasteiger partial charge in [0.05, 0.1) is 0 Å². The molecule has 100 valence electrons. The van der Waals surface area contributed by atoms with Gasteiger partial charge >= 0.3 is 6.03 Å². The first-order valence-electron chi connectivity index (χ1n) is 7.05. The minimum Gasteiger partial charge on any atom is -0.338 e. The fourth-order valence-electron chi connectivity index (χ4n) is 3.19. The second-order valence-electron chi connectivity index (χ2n) is 5.59. The monoisotopic (exact) mass is 256 g/mol. The summed E-state index contributed by atoms with van der Waals surface area (Å²) in [4.78, 5) is 11.7. The molecule has 0 saturated heterocycles. The van der Waals surface area contributed by atoms with Gasteiger partial charge in [0.25, 0.3) is 0 Å². The van der Waals surface area contributed by atoms with E-state index in [0.717, 1.165) is 18.0 Å². The second-order valence-corrected chi connectivity index (χ2v) is 5.59. The minimum absolute atomic E-state index is 0.0596. The number of carbonyl (C=O) groups excluding carboxylic acids is 1. The number of urea groups is 1. The molecule has 2 bridgehead atoms. The van der Waals surface area contributed by atoms with Crippen LogP contribution in [-0.2, 0) is 6.54 Å². The third kappa shape index (κ3) is 2.98. The molecular formula is C16H20N2O. The molecule has 2 aliphatic rings. The normalized spacial score (nSPS) is 27.5. The van der Waals surface area contributed by atoms with Crippen LogP contribution in [0.3, 0.4) is 0 Å². The zero-order valence-corrected chi connectivity index (χ0v) is 11.0. The number of fused-ring (bicyclic) bond motifs is 2. The van der Waals surface area contributed by atoms with Crippen molar-refractivity contribution in [2.75, 3.05) is 6.54 Å². The largest absolute Gasteiger partial charge is 0.338 e. The summed E-state index contributed by atoms with van der Waals surface area (Å²) in [5, 5.41) is 5.89. The molecule has 0 unspecified atom stereocenters. The predicted molar refractivity (Wildman–Crippen MR) is 75.5 cm³/mol. The number of amides is 2. The van der Waals surface area contributed by atoms with Gasteiger partial charge in [-0.15, -0.1) is 0 Å². The van der Waals surface area contributed by atoms with Gasteiger partial charge in [-0.05, 0) is 36.2 Å². The first-order chi connectivity index (χ1) is 9.31. The van der Waals surface area contributed by atoms with Crippen molar-refractivity contribution in [3.63, 3.8) is 0 Å². The molecule has 1 aromatic carbocycles. The van der Waals surface area contributed by atoms with E-state index < -0.39 is 0 Å². The van der Waals surface area contributed by atoms with Crippen molar-refractivity contribution >= 4 is 6.03 Å². The van der Waals surface area contributed by atoms with Crippen LogP contribution in [0.4, 0.5) is 4.79 Å². The molecule has 0 aliphatic heterocycles. The summed E-state index contributed by atoms with van der Waals surface area (Å²) < 4.78 is 0. The van der Waals surface area contributed by atoms with Gasteiger partial charge in [-0.2, -0.15) is 0 Å². The first kappa shape index (κ1) is 12.3. The third-order valence-corrected chi connectivity index (χ3v) is 4.24. The van der Waals surface area contributed by atoms with E-state index in [4.69, 9.17) is 0 Å². The summed E-state index contributed by atoms with van der Waals surface area (Å²) in [7, 11) is 0. The summed E-state index contributed by atoms with van der Waals surface area (Å²) >= 11 is 0. The Morgan fingerprint density at radius 1 is 1.11 bits per heavy atom. The molecule has 3 nitrogen and oxygen atoms in total. The second kappa shape index (κ2) is 5.47. The average molecular weight is 256 g/mol. The maximum atomic E-state index is 11.7. The van der Waals surface area contributed by atoms with Crippen LogP contribution in [0.1, 0.15) is 18.4 Å². The lowest BCUT2D eigenvalue weighted by atomic mass is 9.94. The van der Waals surface area contributed by atoms with E-state index in [-0.39, 0.29) is 6.03 Å². The van der Waals surface area contributed by atoms with Crippen LogP contribution in [0.15, 0.2) is 42.5 Å². The zero-order chi connectivity index (χ0) is 13.1. The van der Waals surface area contributed by atoms with Gasteiger partial charge in [0.1, 0.15) is 0 Å². The minimum atomic E-state index is -0.0596. The van der Waals surface area contributed by atoms with Gasteiger partial charge in [0.2, 0.25) is 0 Å². The summed E-state index contributed by atoms with van der Waals surface area (Å²) in [6.07, 6.45) is 7.18. The number of hydrogen-bond donors (Lipinski definition) is 2.